The molecule has 4 nitrogen and oxygen atoms in total. The van der Waals surface area contributed by atoms with Crippen molar-refractivity contribution in [1.29, 1.82) is 0 Å². The van der Waals surface area contributed by atoms with Gasteiger partial charge in [0.05, 0.1) is 22.9 Å². The number of benzene rings is 1. The number of H-pyrrole nitrogens is 1. The van der Waals surface area contributed by atoms with Crippen molar-refractivity contribution in [3.05, 3.63) is 41.1 Å². The standard InChI is InChI=1S/C15H14F3N3O/c16-15(17,18)9-6-4-8(5-7-9)12-10-2-1-3-11(14(19)22)13(10)21-20-12/h4-7,11H,1-3H2,(H2,19,22)(H,20,21). The van der Waals surface area contributed by atoms with Crippen LogP contribution in [0.4, 0.5) is 13.2 Å². The lowest BCUT2D eigenvalue weighted by atomic mass is 9.85. The lowest BCUT2D eigenvalue weighted by Crippen LogP contribution is -2.25. The van der Waals surface area contributed by atoms with Crippen LogP contribution in [0, 0.1) is 0 Å². The van der Waals surface area contributed by atoms with Crippen molar-refractivity contribution in [3.8, 4) is 11.3 Å². The van der Waals surface area contributed by atoms with Gasteiger partial charge in [-0.1, -0.05) is 12.1 Å². The highest BCUT2D eigenvalue weighted by Crippen LogP contribution is 2.36. The molecule has 1 amide bonds. The molecule has 1 aromatic heterocycles. The molecule has 1 aliphatic rings. The van der Waals surface area contributed by atoms with E-state index in [-0.39, 0.29) is 0 Å². The van der Waals surface area contributed by atoms with Gasteiger partial charge in [-0.05, 0) is 31.4 Å². The number of hydrogen-bond acceptors (Lipinski definition) is 2. The van der Waals surface area contributed by atoms with Gasteiger partial charge >= 0.3 is 6.18 Å². The summed E-state index contributed by atoms with van der Waals surface area (Å²) in [6.07, 6.45) is -2.17. The first kappa shape index (κ1) is 14.6. The number of amides is 1. The fourth-order valence-electron chi connectivity index (χ4n) is 2.89. The Morgan fingerprint density at radius 3 is 2.55 bits per heavy atom. The predicted molar refractivity (Wildman–Crippen MR) is 73.9 cm³/mol. The number of fused-ring (bicyclic) bond motifs is 1. The largest absolute Gasteiger partial charge is 0.416 e. The van der Waals surface area contributed by atoms with E-state index in [0.29, 0.717) is 23.4 Å². The average Bonchev–Trinajstić information content (AvgIpc) is 2.90. The van der Waals surface area contributed by atoms with Gasteiger partial charge in [-0.15, -0.1) is 0 Å². The van der Waals surface area contributed by atoms with Crippen LogP contribution in [-0.4, -0.2) is 16.1 Å². The fraction of sp³-hybridized carbons (Fsp3) is 0.333. The molecule has 0 saturated heterocycles. The Morgan fingerprint density at radius 1 is 1.27 bits per heavy atom. The van der Waals surface area contributed by atoms with Crippen molar-refractivity contribution < 1.29 is 18.0 Å². The summed E-state index contributed by atoms with van der Waals surface area (Å²) in [5.74, 6) is -0.817. The van der Waals surface area contributed by atoms with E-state index in [1.807, 2.05) is 0 Å². The maximum absolute atomic E-state index is 12.6. The van der Waals surface area contributed by atoms with E-state index in [1.54, 1.807) is 0 Å². The minimum Gasteiger partial charge on any atom is -0.369 e. The molecule has 3 N–H and O–H groups in total. The van der Waals surface area contributed by atoms with Gasteiger partial charge in [-0.3, -0.25) is 9.89 Å². The molecule has 1 unspecified atom stereocenters. The molecule has 7 heteroatoms. The van der Waals surface area contributed by atoms with Crippen molar-refractivity contribution >= 4 is 5.91 Å². The maximum atomic E-state index is 12.6. The number of carbonyl (C=O) groups is 1. The van der Waals surface area contributed by atoms with Gasteiger partial charge in [0.1, 0.15) is 0 Å². The third-order valence-electron chi connectivity index (χ3n) is 4.00. The van der Waals surface area contributed by atoms with Crippen LogP contribution in [0.3, 0.4) is 0 Å². The molecule has 0 aliphatic heterocycles. The topological polar surface area (TPSA) is 71.8 Å². The second-order valence-electron chi connectivity index (χ2n) is 5.39. The van der Waals surface area contributed by atoms with Crippen molar-refractivity contribution in [1.82, 2.24) is 10.2 Å². The van der Waals surface area contributed by atoms with Crippen LogP contribution in [0.1, 0.15) is 35.6 Å². The van der Waals surface area contributed by atoms with E-state index in [2.05, 4.69) is 10.2 Å². The number of hydrogen-bond donors (Lipinski definition) is 2. The molecular weight excluding hydrogens is 295 g/mol. The highest BCUT2D eigenvalue weighted by molar-refractivity contribution is 5.83. The zero-order valence-corrected chi connectivity index (χ0v) is 11.6. The average molecular weight is 309 g/mol. The maximum Gasteiger partial charge on any atom is 0.416 e. The molecule has 1 heterocycles. The van der Waals surface area contributed by atoms with Gasteiger partial charge < -0.3 is 5.73 Å². The van der Waals surface area contributed by atoms with Crippen molar-refractivity contribution in [3.63, 3.8) is 0 Å². The third kappa shape index (κ3) is 2.47. The first-order valence-electron chi connectivity index (χ1n) is 6.92. The Morgan fingerprint density at radius 2 is 1.95 bits per heavy atom. The smallest absolute Gasteiger partial charge is 0.369 e. The molecule has 0 bridgehead atoms. The summed E-state index contributed by atoms with van der Waals surface area (Å²) in [5.41, 5.74) is 7.43. The minimum absolute atomic E-state index is 0.403. The van der Waals surface area contributed by atoms with Crippen LogP contribution < -0.4 is 5.73 Å². The highest BCUT2D eigenvalue weighted by Gasteiger charge is 2.31. The summed E-state index contributed by atoms with van der Waals surface area (Å²) >= 11 is 0. The molecule has 0 fully saturated rings. The number of nitrogens with two attached hydrogens (primary N) is 1. The lowest BCUT2D eigenvalue weighted by molar-refractivity contribution is -0.137. The number of rotatable bonds is 2. The van der Waals surface area contributed by atoms with Gasteiger partial charge in [0.2, 0.25) is 5.91 Å². The fourth-order valence-corrected chi connectivity index (χ4v) is 2.89. The first-order valence-corrected chi connectivity index (χ1v) is 6.92. The molecule has 3 rings (SSSR count). The van der Waals surface area contributed by atoms with Crippen LogP contribution in [0.15, 0.2) is 24.3 Å². The molecule has 0 saturated carbocycles. The van der Waals surface area contributed by atoms with Crippen molar-refractivity contribution in [2.75, 3.05) is 0 Å². The van der Waals surface area contributed by atoms with Gasteiger partial charge in [0.15, 0.2) is 0 Å². The molecule has 2 aromatic rings. The van der Waals surface area contributed by atoms with Crippen molar-refractivity contribution in [2.24, 2.45) is 5.73 Å². The Labute approximate surface area is 124 Å². The summed E-state index contributed by atoms with van der Waals surface area (Å²) in [6.45, 7) is 0. The molecule has 1 atom stereocenters. The number of aromatic nitrogens is 2. The van der Waals surface area contributed by atoms with Gasteiger partial charge in [-0.2, -0.15) is 18.3 Å². The molecule has 22 heavy (non-hydrogen) atoms. The molecule has 0 radical (unpaired) electrons. The van der Waals surface area contributed by atoms with Gasteiger partial charge in [0.25, 0.3) is 0 Å². The second-order valence-corrected chi connectivity index (χ2v) is 5.39. The highest BCUT2D eigenvalue weighted by atomic mass is 19.4. The summed E-state index contributed by atoms with van der Waals surface area (Å²) < 4.78 is 37.8. The van der Waals surface area contributed by atoms with E-state index < -0.39 is 23.6 Å². The normalized spacial score (nSPS) is 18.0. The van der Waals surface area contributed by atoms with E-state index in [0.717, 1.165) is 30.5 Å². The van der Waals surface area contributed by atoms with E-state index in [9.17, 15) is 18.0 Å². The Bertz CT molecular complexity index is 704. The number of carbonyl (C=O) groups excluding carboxylic acids is 1. The van der Waals surface area contributed by atoms with Crippen LogP contribution in [0.2, 0.25) is 0 Å². The quantitative estimate of drug-likeness (QED) is 0.895. The number of halogens is 3. The molecular formula is C15H14F3N3O. The van der Waals surface area contributed by atoms with Crippen LogP contribution in [0.25, 0.3) is 11.3 Å². The summed E-state index contributed by atoms with van der Waals surface area (Å²) in [6, 6.07) is 4.86. The SMILES string of the molecule is NC(=O)C1CCCc2c(-c3ccc(C(F)(F)F)cc3)n[nH]c21. The van der Waals surface area contributed by atoms with Crippen LogP contribution >= 0.6 is 0 Å². The number of nitrogens with one attached hydrogen (secondary N) is 1. The number of alkyl halides is 3. The second kappa shape index (κ2) is 5.15. The Balaban J connectivity index is 1.98. The monoisotopic (exact) mass is 309 g/mol. The van der Waals surface area contributed by atoms with Crippen molar-refractivity contribution in [2.45, 2.75) is 31.4 Å². The summed E-state index contributed by atoms with van der Waals surface area (Å²) in [7, 11) is 0. The Hall–Kier alpha value is -2.31. The van der Waals surface area contributed by atoms with Gasteiger partial charge in [0, 0.05) is 11.1 Å². The number of aromatic amines is 1. The molecule has 116 valence electrons. The van der Waals surface area contributed by atoms with E-state index in [1.165, 1.54) is 12.1 Å². The number of nitrogens with zero attached hydrogens (tertiary/aromatic N) is 1. The Kier molecular flexibility index (Phi) is 3.42. The molecule has 1 aromatic carbocycles. The molecule has 0 spiro atoms. The lowest BCUT2D eigenvalue weighted by Gasteiger charge is -2.19. The van der Waals surface area contributed by atoms with Crippen LogP contribution in [0.5, 0.6) is 0 Å². The predicted octanol–water partition coefficient (Wildman–Crippen LogP) is 3.00. The zero-order valence-electron chi connectivity index (χ0n) is 11.6. The first-order chi connectivity index (χ1) is 10.4. The third-order valence-corrected chi connectivity index (χ3v) is 4.00. The summed E-state index contributed by atoms with van der Waals surface area (Å²) in [5, 5.41) is 7.01. The van der Waals surface area contributed by atoms with E-state index in [4.69, 9.17) is 5.73 Å². The zero-order chi connectivity index (χ0) is 15.9. The minimum atomic E-state index is -4.36. The van der Waals surface area contributed by atoms with Crippen LogP contribution in [-0.2, 0) is 17.4 Å². The number of primary amides is 1. The summed E-state index contributed by atoms with van der Waals surface area (Å²) in [4.78, 5) is 11.5. The van der Waals surface area contributed by atoms with Gasteiger partial charge in [-0.25, -0.2) is 0 Å². The molecule has 1 aliphatic carbocycles. The van der Waals surface area contributed by atoms with E-state index >= 15 is 0 Å².